The number of rotatable bonds is 4. The first-order valence-corrected chi connectivity index (χ1v) is 7.92. The van der Waals surface area contributed by atoms with E-state index in [9.17, 15) is 9.59 Å². The fourth-order valence-electron chi connectivity index (χ4n) is 2.30. The van der Waals surface area contributed by atoms with Crippen molar-refractivity contribution in [2.24, 2.45) is 0 Å². The number of hydrogen-bond acceptors (Lipinski definition) is 4. The smallest absolute Gasteiger partial charge is 0.345 e. The number of nitrogens with zero attached hydrogens (tertiary/aromatic N) is 1. The van der Waals surface area contributed by atoms with E-state index in [1.165, 1.54) is 11.3 Å². The van der Waals surface area contributed by atoms with Crippen molar-refractivity contribution < 1.29 is 14.7 Å². The maximum atomic E-state index is 12.3. The summed E-state index contributed by atoms with van der Waals surface area (Å²) in [6.45, 7) is 0. The van der Waals surface area contributed by atoms with Crippen LogP contribution in [0.1, 0.15) is 25.6 Å². The van der Waals surface area contributed by atoms with Gasteiger partial charge >= 0.3 is 5.97 Å². The Morgan fingerprint density at radius 3 is 2.54 bits per heavy atom. The topological polar surface area (TPSA) is 90.2 Å². The number of aromatic carboxylic acids is 1. The first-order valence-electron chi connectivity index (χ1n) is 7.11. The Kier molecular flexibility index (Phi) is 4.27. The third-order valence-corrected chi connectivity index (χ3v) is 4.59. The highest BCUT2D eigenvalue weighted by atomic mass is 32.1. The lowest BCUT2D eigenvalue weighted by Crippen LogP contribution is -2.11. The fraction of sp³-hybridized carbons (Fsp3) is 0.0556. The van der Waals surface area contributed by atoms with Crippen molar-refractivity contribution in [1.82, 2.24) is 0 Å². The Morgan fingerprint density at radius 1 is 1.12 bits per heavy atom. The quantitative estimate of drug-likeness (QED) is 0.755. The summed E-state index contributed by atoms with van der Waals surface area (Å²) in [4.78, 5) is 23.5. The highest BCUT2D eigenvalue weighted by Crippen LogP contribution is 2.28. The molecule has 0 saturated heterocycles. The van der Waals surface area contributed by atoms with E-state index in [1.54, 1.807) is 48.5 Å². The van der Waals surface area contributed by atoms with Crippen LogP contribution in [0.4, 0.5) is 5.69 Å². The standard InChI is InChI=1S/C18H12N2O3S/c19-8-7-11-1-3-12(4-2-11)17(21)20-14-5-6-15-13(9-14)10-16(24-15)18(22)23/h1-6,9-10H,7H2,(H,20,21)(H,22,23). The van der Waals surface area contributed by atoms with Gasteiger partial charge in [-0.15, -0.1) is 11.3 Å². The van der Waals surface area contributed by atoms with Crippen LogP contribution in [-0.4, -0.2) is 17.0 Å². The van der Waals surface area contributed by atoms with Gasteiger partial charge in [0.25, 0.3) is 5.91 Å². The number of carbonyl (C=O) groups is 2. The van der Waals surface area contributed by atoms with Crippen molar-refractivity contribution in [3.63, 3.8) is 0 Å². The van der Waals surface area contributed by atoms with E-state index < -0.39 is 5.97 Å². The number of nitrogens with one attached hydrogen (secondary N) is 1. The largest absolute Gasteiger partial charge is 0.477 e. The van der Waals surface area contributed by atoms with Gasteiger partial charge in [0.15, 0.2) is 0 Å². The molecule has 0 bridgehead atoms. The van der Waals surface area contributed by atoms with Gasteiger partial charge in [0.1, 0.15) is 4.88 Å². The number of hydrogen-bond donors (Lipinski definition) is 2. The van der Waals surface area contributed by atoms with E-state index in [1.807, 2.05) is 0 Å². The van der Waals surface area contributed by atoms with Gasteiger partial charge in [0, 0.05) is 16.0 Å². The number of carboxylic acids is 1. The Morgan fingerprint density at radius 2 is 1.88 bits per heavy atom. The van der Waals surface area contributed by atoms with Crippen molar-refractivity contribution in [2.75, 3.05) is 5.32 Å². The number of carbonyl (C=O) groups excluding carboxylic acids is 1. The van der Waals surface area contributed by atoms with Gasteiger partial charge in [-0.05, 0) is 47.3 Å². The summed E-state index contributed by atoms with van der Waals surface area (Å²) in [5.41, 5.74) is 1.95. The van der Waals surface area contributed by atoms with Crippen molar-refractivity contribution in [2.45, 2.75) is 6.42 Å². The maximum Gasteiger partial charge on any atom is 0.345 e. The molecule has 3 rings (SSSR count). The van der Waals surface area contributed by atoms with E-state index >= 15 is 0 Å². The summed E-state index contributed by atoms with van der Waals surface area (Å²) in [6, 6.07) is 15.8. The van der Waals surface area contributed by atoms with Crippen LogP contribution in [0.2, 0.25) is 0 Å². The Labute approximate surface area is 141 Å². The molecule has 1 aromatic heterocycles. The molecule has 0 aliphatic carbocycles. The third-order valence-electron chi connectivity index (χ3n) is 3.48. The number of thiophene rings is 1. The molecule has 3 aromatic rings. The number of fused-ring (bicyclic) bond motifs is 1. The van der Waals surface area contributed by atoms with E-state index in [2.05, 4.69) is 11.4 Å². The Hall–Kier alpha value is -3.17. The van der Waals surface area contributed by atoms with Crippen LogP contribution < -0.4 is 5.32 Å². The van der Waals surface area contributed by atoms with Gasteiger partial charge in [-0.25, -0.2) is 4.79 Å². The molecule has 0 unspecified atom stereocenters. The van der Waals surface area contributed by atoms with Crippen LogP contribution in [0.15, 0.2) is 48.5 Å². The van der Waals surface area contributed by atoms with E-state index in [0.717, 1.165) is 15.6 Å². The first-order chi connectivity index (χ1) is 11.6. The van der Waals surface area contributed by atoms with Gasteiger partial charge in [0.05, 0.1) is 12.5 Å². The van der Waals surface area contributed by atoms with Crippen LogP contribution in [0.3, 0.4) is 0 Å². The predicted octanol–water partition coefficient (Wildman–Crippen LogP) is 3.92. The minimum Gasteiger partial charge on any atom is -0.477 e. The zero-order valence-corrected chi connectivity index (χ0v) is 13.3. The summed E-state index contributed by atoms with van der Waals surface area (Å²) in [6.07, 6.45) is 0.308. The van der Waals surface area contributed by atoms with Crippen molar-refractivity contribution in [3.05, 3.63) is 64.5 Å². The van der Waals surface area contributed by atoms with Crippen molar-refractivity contribution >= 4 is 39.0 Å². The molecule has 5 nitrogen and oxygen atoms in total. The molecule has 118 valence electrons. The summed E-state index contributed by atoms with van der Waals surface area (Å²) >= 11 is 1.20. The zero-order chi connectivity index (χ0) is 17.1. The van der Waals surface area contributed by atoms with Crippen LogP contribution in [0.25, 0.3) is 10.1 Å². The molecule has 2 N–H and O–H groups in total. The molecule has 0 spiro atoms. The number of carboxylic acid groups (broad SMARTS) is 1. The fourth-order valence-corrected chi connectivity index (χ4v) is 3.18. The van der Waals surface area contributed by atoms with Crippen LogP contribution in [0.5, 0.6) is 0 Å². The lowest BCUT2D eigenvalue weighted by molar-refractivity contribution is 0.0702. The molecular weight excluding hydrogens is 324 g/mol. The highest BCUT2D eigenvalue weighted by molar-refractivity contribution is 7.20. The summed E-state index contributed by atoms with van der Waals surface area (Å²) in [5, 5.41) is 21.3. The first kappa shape index (κ1) is 15.7. The molecule has 0 fully saturated rings. The Balaban J connectivity index is 1.79. The van der Waals surface area contributed by atoms with E-state index in [-0.39, 0.29) is 10.8 Å². The molecule has 0 aliphatic rings. The number of nitriles is 1. The molecule has 6 heteroatoms. The average Bonchev–Trinajstić information content (AvgIpc) is 2.99. The number of benzene rings is 2. The van der Waals surface area contributed by atoms with E-state index in [0.29, 0.717) is 17.7 Å². The molecule has 1 heterocycles. The van der Waals surface area contributed by atoms with Crippen LogP contribution >= 0.6 is 11.3 Å². The summed E-state index contributed by atoms with van der Waals surface area (Å²) in [7, 11) is 0. The summed E-state index contributed by atoms with van der Waals surface area (Å²) < 4.78 is 0.853. The lowest BCUT2D eigenvalue weighted by Gasteiger charge is -2.06. The maximum absolute atomic E-state index is 12.3. The molecule has 0 atom stereocenters. The normalized spacial score (nSPS) is 10.3. The second kappa shape index (κ2) is 6.52. The predicted molar refractivity (Wildman–Crippen MR) is 92.5 cm³/mol. The molecule has 2 aromatic carbocycles. The average molecular weight is 336 g/mol. The molecule has 0 radical (unpaired) electrons. The summed E-state index contributed by atoms with van der Waals surface area (Å²) in [5.74, 6) is -1.22. The zero-order valence-electron chi connectivity index (χ0n) is 12.4. The molecular formula is C18H12N2O3S. The minimum atomic E-state index is -0.959. The highest BCUT2D eigenvalue weighted by Gasteiger charge is 2.10. The Bertz CT molecular complexity index is 968. The molecule has 0 aliphatic heterocycles. The van der Waals surface area contributed by atoms with E-state index in [4.69, 9.17) is 10.4 Å². The van der Waals surface area contributed by atoms with Crippen LogP contribution in [-0.2, 0) is 6.42 Å². The molecule has 0 saturated carbocycles. The third kappa shape index (κ3) is 3.26. The SMILES string of the molecule is N#CCc1ccc(C(=O)Nc2ccc3sc(C(=O)O)cc3c2)cc1. The molecule has 24 heavy (non-hydrogen) atoms. The molecule has 1 amide bonds. The van der Waals surface area contributed by atoms with Gasteiger partial charge in [-0.3, -0.25) is 4.79 Å². The van der Waals surface area contributed by atoms with Gasteiger partial charge in [0.2, 0.25) is 0 Å². The minimum absolute atomic E-state index is 0.258. The second-order valence-electron chi connectivity index (χ2n) is 5.15. The van der Waals surface area contributed by atoms with Gasteiger partial charge in [-0.2, -0.15) is 5.26 Å². The second-order valence-corrected chi connectivity index (χ2v) is 6.24. The van der Waals surface area contributed by atoms with Gasteiger partial charge in [-0.1, -0.05) is 12.1 Å². The van der Waals surface area contributed by atoms with Gasteiger partial charge < -0.3 is 10.4 Å². The number of anilines is 1. The van der Waals surface area contributed by atoms with Crippen molar-refractivity contribution in [3.8, 4) is 6.07 Å². The lowest BCUT2D eigenvalue weighted by atomic mass is 10.1. The van der Waals surface area contributed by atoms with Crippen molar-refractivity contribution in [1.29, 1.82) is 5.26 Å². The number of amides is 1. The van der Waals surface area contributed by atoms with Crippen LogP contribution in [0, 0.1) is 11.3 Å². The monoisotopic (exact) mass is 336 g/mol.